The van der Waals surface area contributed by atoms with Crippen LogP contribution < -0.4 is 22.0 Å². The molecule has 4 aromatic heterocycles. The third kappa shape index (κ3) is 3.43. The van der Waals surface area contributed by atoms with Gasteiger partial charge in [0.05, 0.1) is 5.56 Å². The number of carbonyl (C=O) groups is 1. The van der Waals surface area contributed by atoms with Crippen molar-refractivity contribution in [1.29, 1.82) is 0 Å². The quantitative estimate of drug-likeness (QED) is 0.182. The molecule has 0 amide bonds. The number of hydrogen-bond donors (Lipinski definition) is 5. The molecule has 10 heteroatoms. The molecule has 1 aliphatic rings. The van der Waals surface area contributed by atoms with E-state index in [1.54, 1.807) is 12.1 Å². The van der Waals surface area contributed by atoms with E-state index in [4.69, 9.17) is 20.0 Å². The molecule has 8 bridgehead atoms. The molecule has 0 fully saturated rings. The normalized spacial score (nSPS) is 12.7. The van der Waals surface area contributed by atoms with E-state index in [1.807, 2.05) is 78.9 Å². The molecule has 0 unspecified atom stereocenters. The number of carboxylic acids is 1. The molecule has 0 spiro atoms. The molecule has 5 heterocycles. The lowest BCUT2D eigenvalue weighted by Gasteiger charge is -1.98. The van der Waals surface area contributed by atoms with Crippen molar-refractivity contribution in [3.63, 3.8) is 0 Å². The fourth-order valence-electron chi connectivity index (χ4n) is 6.00. The molecule has 0 saturated heterocycles. The van der Waals surface area contributed by atoms with Gasteiger partial charge in [0, 0.05) is 43.1 Å². The third-order valence-electron chi connectivity index (χ3n) is 7.94. The summed E-state index contributed by atoms with van der Waals surface area (Å²) in [5, 5.41) is 16.6. The summed E-state index contributed by atoms with van der Waals surface area (Å²) in [7, 11) is 0. The molecule has 8 aromatic rings. The van der Waals surface area contributed by atoms with E-state index >= 15 is 0 Å². The Hall–Kier alpha value is -6.29. The van der Waals surface area contributed by atoms with Crippen LogP contribution in [0.25, 0.3) is 43.1 Å². The highest BCUT2D eigenvalue weighted by Gasteiger charge is 2.19. The van der Waals surface area contributed by atoms with Crippen LogP contribution >= 0.6 is 0 Å². The maximum atomic E-state index is 12.3. The van der Waals surface area contributed by atoms with Crippen molar-refractivity contribution < 1.29 is 9.90 Å². The summed E-state index contributed by atoms with van der Waals surface area (Å²) in [5.74, 6) is 1.13. The second-order valence-electron chi connectivity index (χ2n) is 10.4. The highest BCUT2D eigenvalue weighted by molar-refractivity contribution is 6.11. The molecule has 1 aliphatic heterocycles. The first-order chi connectivity index (χ1) is 21.1. The summed E-state index contributed by atoms with van der Waals surface area (Å²) >= 11 is 0. The van der Waals surface area contributed by atoms with Gasteiger partial charge in [-0.05, 0) is 6.07 Å². The minimum atomic E-state index is -1.05. The van der Waals surface area contributed by atoms with Crippen molar-refractivity contribution in [1.82, 2.24) is 19.9 Å². The molecular weight excluding hydrogens is 540 g/mol. The lowest BCUT2D eigenvalue weighted by atomic mass is 10.1. The SMILES string of the molecule is O=C(O)c1cccc2c3[nH]c(c12)N=c1[nH]c(c2ccccc12)=Nc1[nH]c(c2ccccc12)N=c1[nH]c(c2ccccc12)=N3. The maximum Gasteiger partial charge on any atom is 0.336 e. The fourth-order valence-corrected chi connectivity index (χ4v) is 6.00. The van der Waals surface area contributed by atoms with Gasteiger partial charge in [0.15, 0.2) is 0 Å². The third-order valence-corrected chi connectivity index (χ3v) is 7.94. The summed E-state index contributed by atoms with van der Waals surface area (Å²) in [6.07, 6.45) is 0. The van der Waals surface area contributed by atoms with Crippen molar-refractivity contribution in [3.05, 3.63) is 119 Å². The van der Waals surface area contributed by atoms with Crippen LogP contribution in [0.15, 0.2) is 111 Å². The molecule has 4 aromatic carbocycles. The van der Waals surface area contributed by atoms with E-state index < -0.39 is 5.97 Å². The zero-order valence-electron chi connectivity index (χ0n) is 22.3. The molecule has 0 radical (unpaired) electrons. The van der Waals surface area contributed by atoms with Crippen molar-refractivity contribution in [2.45, 2.75) is 0 Å². The number of aromatic nitrogens is 4. The van der Waals surface area contributed by atoms with Gasteiger partial charge in [0.2, 0.25) is 0 Å². The average Bonchev–Trinajstić information content (AvgIpc) is 3.76. The number of nitrogens with one attached hydrogen (secondary N) is 4. The van der Waals surface area contributed by atoms with Gasteiger partial charge >= 0.3 is 5.97 Å². The van der Waals surface area contributed by atoms with E-state index in [2.05, 4.69) is 19.9 Å². The first-order valence-electron chi connectivity index (χ1n) is 13.7. The number of nitrogens with zero attached hydrogens (tertiary/aromatic N) is 4. The summed E-state index contributed by atoms with van der Waals surface area (Å²) in [4.78, 5) is 45.9. The van der Waals surface area contributed by atoms with Crippen molar-refractivity contribution >= 4 is 72.3 Å². The van der Waals surface area contributed by atoms with Crippen molar-refractivity contribution in [2.24, 2.45) is 20.0 Å². The zero-order chi connectivity index (χ0) is 28.7. The fraction of sp³-hybridized carbons (Fsp3) is 0. The first-order valence-corrected chi connectivity index (χ1v) is 13.7. The van der Waals surface area contributed by atoms with Gasteiger partial charge < -0.3 is 25.0 Å². The predicted octanol–water partition coefficient (Wildman–Crippen LogP) is 5.43. The Morgan fingerprint density at radius 3 is 1.28 bits per heavy atom. The van der Waals surface area contributed by atoms with E-state index in [1.165, 1.54) is 0 Å². The molecular formula is C33H20N8O2. The monoisotopic (exact) mass is 560 g/mol. The Morgan fingerprint density at radius 2 is 0.814 bits per heavy atom. The molecule has 0 aliphatic carbocycles. The largest absolute Gasteiger partial charge is 0.478 e. The number of fused-ring (bicyclic) bond motifs is 20. The van der Waals surface area contributed by atoms with Crippen molar-refractivity contribution in [2.75, 3.05) is 0 Å². The molecule has 9 rings (SSSR count). The van der Waals surface area contributed by atoms with E-state index in [9.17, 15) is 9.90 Å². The highest BCUT2D eigenvalue weighted by atomic mass is 16.4. The predicted molar refractivity (Wildman–Crippen MR) is 163 cm³/mol. The highest BCUT2D eigenvalue weighted by Crippen LogP contribution is 2.37. The Balaban J connectivity index is 1.52. The zero-order valence-corrected chi connectivity index (χ0v) is 22.3. The van der Waals surface area contributed by atoms with Crippen LogP contribution in [0.1, 0.15) is 10.4 Å². The second kappa shape index (κ2) is 8.60. The summed E-state index contributed by atoms with van der Waals surface area (Å²) < 4.78 is 0. The van der Waals surface area contributed by atoms with Gasteiger partial charge in [-0.1, -0.05) is 84.9 Å². The number of benzene rings is 4. The number of aromatic amines is 4. The molecule has 43 heavy (non-hydrogen) atoms. The Labute approximate surface area is 240 Å². The number of carboxylic acid groups (broad SMARTS) is 1. The van der Waals surface area contributed by atoms with Gasteiger partial charge in [-0.25, -0.2) is 24.8 Å². The Kier molecular flexibility index (Phi) is 4.69. The number of aromatic carboxylic acids is 1. The number of H-pyrrole nitrogens is 4. The van der Waals surface area contributed by atoms with Gasteiger partial charge in [-0.3, -0.25) is 0 Å². The van der Waals surface area contributed by atoms with Crippen LogP contribution in [0.5, 0.6) is 0 Å². The molecule has 0 saturated carbocycles. The van der Waals surface area contributed by atoms with E-state index in [0.717, 1.165) is 32.3 Å². The summed E-state index contributed by atoms with van der Waals surface area (Å²) in [6, 6.07) is 28.9. The van der Waals surface area contributed by atoms with Crippen LogP contribution in [-0.4, -0.2) is 31.0 Å². The minimum absolute atomic E-state index is 0.129. The van der Waals surface area contributed by atoms with Crippen LogP contribution in [0.4, 0.5) is 23.3 Å². The lowest BCUT2D eigenvalue weighted by Crippen LogP contribution is -2.10. The first kappa shape index (κ1) is 23.4. The molecule has 204 valence electrons. The Bertz CT molecular complexity index is 2720. The average molecular weight is 561 g/mol. The lowest BCUT2D eigenvalue weighted by molar-refractivity contribution is 0.0699. The Morgan fingerprint density at radius 1 is 0.442 bits per heavy atom. The van der Waals surface area contributed by atoms with Gasteiger partial charge in [0.25, 0.3) is 0 Å². The van der Waals surface area contributed by atoms with E-state index in [0.29, 0.717) is 56.0 Å². The minimum Gasteiger partial charge on any atom is -0.478 e. The van der Waals surface area contributed by atoms with Crippen LogP contribution in [0, 0.1) is 0 Å². The van der Waals surface area contributed by atoms with Gasteiger partial charge in [0.1, 0.15) is 45.2 Å². The van der Waals surface area contributed by atoms with Gasteiger partial charge in [-0.2, -0.15) is 0 Å². The van der Waals surface area contributed by atoms with Crippen LogP contribution in [-0.2, 0) is 0 Å². The van der Waals surface area contributed by atoms with Crippen LogP contribution in [0.3, 0.4) is 0 Å². The number of hydrogen-bond acceptors (Lipinski definition) is 5. The molecule has 5 N–H and O–H groups in total. The van der Waals surface area contributed by atoms with E-state index in [-0.39, 0.29) is 5.56 Å². The topological polar surface area (TPSA) is 150 Å². The number of rotatable bonds is 1. The second-order valence-corrected chi connectivity index (χ2v) is 10.4. The standard InChI is InChI=1S/C33H20N8O2/c42-33(43)23-15-7-14-22-24(23)32-40-30-21-13-6-5-12-20(21)28(38-30)36-26-17-9-2-1-8-16(17)25(34-26)35-27-18-10-3-4-11-19(18)29(37-27)39-31(22)41-32/h1-15H,(H,42,43)(H4,34,35,36,37,38,39,40,41). The van der Waals surface area contributed by atoms with Crippen molar-refractivity contribution in [3.8, 4) is 0 Å². The molecule has 0 atom stereocenters. The smallest absolute Gasteiger partial charge is 0.336 e. The van der Waals surface area contributed by atoms with Gasteiger partial charge in [-0.15, -0.1) is 0 Å². The summed E-state index contributed by atoms with van der Waals surface area (Å²) in [6.45, 7) is 0. The molecule has 10 nitrogen and oxygen atoms in total. The van der Waals surface area contributed by atoms with Crippen LogP contribution in [0.2, 0.25) is 0 Å². The maximum absolute atomic E-state index is 12.3. The summed E-state index contributed by atoms with van der Waals surface area (Å²) in [5.41, 5.74) is 2.52.